The summed E-state index contributed by atoms with van der Waals surface area (Å²) in [5.74, 6) is 0.227. The number of cyclic esters (lactones) is 1. The zero-order chi connectivity index (χ0) is 20.5. The van der Waals surface area contributed by atoms with Gasteiger partial charge in [-0.25, -0.2) is 9.79 Å². The van der Waals surface area contributed by atoms with Crippen LogP contribution in [0.2, 0.25) is 5.02 Å². The second-order valence-electron chi connectivity index (χ2n) is 5.97. The molecule has 2 aromatic carbocycles. The summed E-state index contributed by atoms with van der Waals surface area (Å²) in [5, 5.41) is 11.2. The molecule has 7 nitrogen and oxygen atoms in total. The van der Waals surface area contributed by atoms with Gasteiger partial charge < -0.3 is 9.15 Å². The number of aliphatic imine (C=N–C) groups is 1. The fourth-order valence-corrected chi connectivity index (χ4v) is 3.11. The molecular formula is C20H10BrClN2O5. The lowest BCUT2D eigenvalue weighted by molar-refractivity contribution is -0.384. The molecule has 9 heteroatoms. The van der Waals surface area contributed by atoms with Crippen LogP contribution in [-0.2, 0) is 9.53 Å². The van der Waals surface area contributed by atoms with Gasteiger partial charge in [0.25, 0.3) is 5.69 Å². The summed E-state index contributed by atoms with van der Waals surface area (Å²) >= 11 is 9.46. The summed E-state index contributed by atoms with van der Waals surface area (Å²) < 4.78 is 11.8. The molecule has 0 radical (unpaired) electrons. The molecule has 0 saturated heterocycles. The Labute approximate surface area is 177 Å². The van der Waals surface area contributed by atoms with Gasteiger partial charge in [-0.3, -0.25) is 10.1 Å². The maximum atomic E-state index is 12.2. The van der Waals surface area contributed by atoms with Crippen LogP contribution in [0.25, 0.3) is 17.4 Å². The number of halogens is 2. The van der Waals surface area contributed by atoms with Crippen molar-refractivity contribution in [2.45, 2.75) is 0 Å². The highest BCUT2D eigenvalue weighted by molar-refractivity contribution is 9.10. The molecule has 0 atom stereocenters. The number of ether oxygens (including phenoxy) is 1. The Kier molecular flexibility index (Phi) is 5.04. The molecule has 1 aromatic heterocycles. The van der Waals surface area contributed by atoms with Crippen molar-refractivity contribution in [2.75, 3.05) is 0 Å². The number of hydrogen-bond acceptors (Lipinski definition) is 6. The van der Waals surface area contributed by atoms with Gasteiger partial charge in [0.1, 0.15) is 11.5 Å². The minimum absolute atomic E-state index is 0.000668. The van der Waals surface area contributed by atoms with Crippen LogP contribution in [0, 0.1) is 10.1 Å². The van der Waals surface area contributed by atoms with E-state index in [1.807, 2.05) is 24.3 Å². The summed E-state index contributed by atoms with van der Waals surface area (Å²) in [5.41, 5.74) is 0.845. The second-order valence-corrected chi connectivity index (χ2v) is 7.29. The van der Waals surface area contributed by atoms with Crippen molar-refractivity contribution < 1.29 is 18.9 Å². The quantitative estimate of drug-likeness (QED) is 0.212. The Morgan fingerprint density at radius 1 is 1.10 bits per heavy atom. The minimum Gasteiger partial charge on any atom is -0.457 e. The van der Waals surface area contributed by atoms with Gasteiger partial charge in [-0.1, -0.05) is 39.7 Å². The third-order valence-corrected chi connectivity index (χ3v) is 4.90. The van der Waals surface area contributed by atoms with Crippen molar-refractivity contribution in [3.05, 3.63) is 91.2 Å². The first kappa shape index (κ1) is 19.1. The highest BCUT2D eigenvalue weighted by atomic mass is 79.9. The second kappa shape index (κ2) is 7.65. The van der Waals surface area contributed by atoms with Crippen LogP contribution in [0.4, 0.5) is 5.69 Å². The first-order valence-corrected chi connectivity index (χ1v) is 9.40. The summed E-state index contributed by atoms with van der Waals surface area (Å²) in [6.07, 6.45) is 1.43. The van der Waals surface area contributed by atoms with Crippen molar-refractivity contribution in [2.24, 2.45) is 4.99 Å². The summed E-state index contributed by atoms with van der Waals surface area (Å²) in [7, 11) is 0. The lowest BCUT2D eigenvalue weighted by Crippen LogP contribution is -2.06. The number of hydrogen-bond donors (Lipinski definition) is 0. The first-order chi connectivity index (χ1) is 13.9. The number of nitrogens with zero attached hydrogens (tertiary/aromatic N) is 2. The average Bonchev–Trinajstić information content (AvgIpc) is 3.30. The highest BCUT2D eigenvalue weighted by Crippen LogP contribution is 2.29. The molecule has 0 fully saturated rings. The maximum absolute atomic E-state index is 12.2. The Morgan fingerprint density at radius 2 is 1.86 bits per heavy atom. The van der Waals surface area contributed by atoms with Crippen LogP contribution in [0.15, 0.2) is 74.2 Å². The van der Waals surface area contributed by atoms with Crippen LogP contribution in [0.1, 0.15) is 11.3 Å². The SMILES string of the molecule is O=C1OC(c2cc([N+](=O)[O-])ccc2Cl)=N/C1=C\c1ccc(-c2ccc(Br)cc2)o1. The Morgan fingerprint density at radius 3 is 2.59 bits per heavy atom. The molecule has 0 aliphatic carbocycles. The van der Waals surface area contributed by atoms with Gasteiger partial charge in [0, 0.05) is 28.2 Å². The van der Waals surface area contributed by atoms with E-state index >= 15 is 0 Å². The summed E-state index contributed by atoms with van der Waals surface area (Å²) in [6, 6.07) is 14.9. The number of nitro groups is 1. The number of non-ortho nitro benzene ring substituents is 1. The lowest BCUT2D eigenvalue weighted by Gasteiger charge is -2.02. The van der Waals surface area contributed by atoms with Gasteiger partial charge in [0.05, 0.1) is 15.5 Å². The average molecular weight is 474 g/mol. The lowest BCUT2D eigenvalue weighted by atomic mass is 10.2. The number of benzene rings is 2. The third-order valence-electron chi connectivity index (χ3n) is 4.05. The zero-order valence-corrected chi connectivity index (χ0v) is 16.8. The van der Waals surface area contributed by atoms with Crippen LogP contribution in [-0.4, -0.2) is 16.8 Å². The molecule has 0 unspecified atom stereocenters. The van der Waals surface area contributed by atoms with E-state index in [0.29, 0.717) is 11.5 Å². The number of esters is 1. The number of carbonyl (C=O) groups is 1. The normalized spacial score (nSPS) is 14.8. The monoisotopic (exact) mass is 472 g/mol. The van der Waals surface area contributed by atoms with Gasteiger partial charge in [0.15, 0.2) is 5.70 Å². The molecule has 0 spiro atoms. The number of rotatable bonds is 4. The molecule has 1 aliphatic heterocycles. The standard InChI is InChI=1S/C20H10BrClN2O5/c21-12-3-1-11(2-4-12)18-8-6-14(28-18)10-17-20(25)29-19(23-17)15-9-13(24(26)27)5-7-16(15)22/h1-10H/b17-10-. The van der Waals surface area contributed by atoms with Crippen LogP contribution in [0.3, 0.4) is 0 Å². The fraction of sp³-hybridized carbons (Fsp3) is 0. The highest BCUT2D eigenvalue weighted by Gasteiger charge is 2.27. The van der Waals surface area contributed by atoms with Crippen molar-refractivity contribution >= 4 is 51.2 Å². The van der Waals surface area contributed by atoms with Gasteiger partial charge in [-0.2, -0.15) is 0 Å². The fourth-order valence-electron chi connectivity index (χ4n) is 2.65. The van der Waals surface area contributed by atoms with Gasteiger partial charge in [-0.05, 0) is 30.3 Å². The largest absolute Gasteiger partial charge is 0.457 e. The Bertz CT molecular complexity index is 1200. The predicted octanol–water partition coefficient (Wildman–Crippen LogP) is 5.62. The first-order valence-electron chi connectivity index (χ1n) is 8.23. The maximum Gasteiger partial charge on any atom is 0.363 e. The molecule has 29 heavy (non-hydrogen) atoms. The van der Waals surface area contributed by atoms with Crippen LogP contribution < -0.4 is 0 Å². The molecule has 0 bridgehead atoms. The van der Waals surface area contributed by atoms with Crippen molar-refractivity contribution in [3.63, 3.8) is 0 Å². The molecule has 1 aliphatic rings. The molecule has 0 saturated carbocycles. The van der Waals surface area contributed by atoms with Gasteiger partial charge in [0.2, 0.25) is 5.90 Å². The molecule has 2 heterocycles. The van der Waals surface area contributed by atoms with Crippen molar-refractivity contribution in [1.82, 2.24) is 0 Å². The molecule has 144 valence electrons. The zero-order valence-electron chi connectivity index (χ0n) is 14.5. The van der Waals surface area contributed by atoms with Crippen molar-refractivity contribution in [3.8, 4) is 11.3 Å². The molecule has 4 rings (SSSR count). The van der Waals surface area contributed by atoms with Crippen LogP contribution in [0.5, 0.6) is 0 Å². The Hall–Kier alpha value is -3.23. The minimum atomic E-state index is -0.704. The topological polar surface area (TPSA) is 94.9 Å². The number of nitro benzene ring substituents is 1. The van der Waals surface area contributed by atoms with Crippen molar-refractivity contribution in [1.29, 1.82) is 0 Å². The van der Waals surface area contributed by atoms with E-state index in [1.165, 1.54) is 24.3 Å². The third kappa shape index (κ3) is 3.98. The van der Waals surface area contributed by atoms with E-state index in [-0.39, 0.29) is 27.9 Å². The van der Waals surface area contributed by atoms with E-state index in [4.69, 9.17) is 20.8 Å². The molecular weight excluding hydrogens is 464 g/mol. The number of furan rings is 1. The van der Waals surface area contributed by atoms with E-state index in [1.54, 1.807) is 12.1 Å². The molecule has 0 N–H and O–H groups in total. The summed E-state index contributed by atoms with van der Waals surface area (Å²) in [4.78, 5) is 26.7. The van der Waals surface area contributed by atoms with Gasteiger partial charge >= 0.3 is 5.97 Å². The van der Waals surface area contributed by atoms with E-state index in [9.17, 15) is 14.9 Å². The smallest absolute Gasteiger partial charge is 0.363 e. The van der Waals surface area contributed by atoms with Gasteiger partial charge in [-0.15, -0.1) is 0 Å². The van der Waals surface area contributed by atoms with E-state index < -0.39 is 10.9 Å². The van der Waals surface area contributed by atoms with E-state index in [2.05, 4.69) is 20.9 Å². The summed E-state index contributed by atoms with van der Waals surface area (Å²) in [6.45, 7) is 0. The molecule has 3 aromatic rings. The molecule has 0 amide bonds. The van der Waals surface area contributed by atoms with E-state index in [0.717, 1.165) is 10.0 Å². The number of carbonyl (C=O) groups excluding carboxylic acids is 1. The van der Waals surface area contributed by atoms with Crippen LogP contribution >= 0.6 is 27.5 Å². The Balaban J connectivity index is 1.65. The predicted molar refractivity (Wildman–Crippen MR) is 111 cm³/mol.